The number of nitrogens with two attached hydrogens (primary N) is 1. The topological polar surface area (TPSA) is 58.4 Å². The quantitative estimate of drug-likeness (QED) is 0.870. The Bertz CT molecular complexity index is 447. The Kier molecular flexibility index (Phi) is 4.44. The molecular weight excluding hydrogens is 252 g/mol. The van der Waals surface area contributed by atoms with Gasteiger partial charge in [0.05, 0.1) is 6.54 Å². The molecule has 1 heterocycles. The van der Waals surface area contributed by atoms with Gasteiger partial charge in [-0.1, -0.05) is 0 Å². The Hall–Kier alpha value is -1.53. The van der Waals surface area contributed by atoms with Gasteiger partial charge in [0.15, 0.2) is 0 Å². The molecule has 1 aromatic rings. The Morgan fingerprint density at radius 3 is 2.68 bits per heavy atom. The predicted molar refractivity (Wildman–Crippen MR) is 68.6 cm³/mol. The van der Waals surface area contributed by atoms with Gasteiger partial charge in [0.2, 0.25) is 5.91 Å². The molecule has 1 aromatic carbocycles. The van der Waals surface area contributed by atoms with E-state index in [1.54, 1.807) is 0 Å². The number of nitrogens with zero attached hydrogens (tertiary/aromatic N) is 1. The van der Waals surface area contributed by atoms with Crippen molar-refractivity contribution in [2.24, 2.45) is 5.73 Å². The molecule has 3 N–H and O–H groups in total. The van der Waals surface area contributed by atoms with E-state index >= 15 is 0 Å². The van der Waals surface area contributed by atoms with Crippen LogP contribution in [0, 0.1) is 11.6 Å². The van der Waals surface area contributed by atoms with E-state index in [0.29, 0.717) is 6.54 Å². The lowest BCUT2D eigenvalue weighted by atomic mass is 10.1. The standard InChI is InChI=1S/C13H17F2N3O/c14-9-4-10(15)6-12(5-9)17-13(19)8-18-3-1-2-11(16)7-18/h4-6,11H,1-3,7-8,16H2,(H,17,19). The second-order valence-electron chi connectivity index (χ2n) is 4.84. The van der Waals surface area contributed by atoms with Crippen molar-refractivity contribution in [3.63, 3.8) is 0 Å². The molecule has 0 aliphatic carbocycles. The highest BCUT2D eigenvalue weighted by Crippen LogP contribution is 2.13. The molecule has 0 spiro atoms. The maximum absolute atomic E-state index is 13.0. The summed E-state index contributed by atoms with van der Waals surface area (Å²) >= 11 is 0. The van der Waals surface area contributed by atoms with E-state index in [-0.39, 0.29) is 24.2 Å². The summed E-state index contributed by atoms with van der Waals surface area (Å²) in [6.07, 6.45) is 1.93. The van der Waals surface area contributed by atoms with Gasteiger partial charge in [-0.2, -0.15) is 0 Å². The molecule has 1 atom stereocenters. The van der Waals surface area contributed by atoms with E-state index in [4.69, 9.17) is 5.73 Å². The fourth-order valence-corrected chi connectivity index (χ4v) is 2.26. The zero-order valence-corrected chi connectivity index (χ0v) is 10.5. The third kappa shape index (κ3) is 4.25. The van der Waals surface area contributed by atoms with Gasteiger partial charge in [-0.05, 0) is 31.5 Å². The highest BCUT2D eigenvalue weighted by atomic mass is 19.1. The Labute approximate surface area is 110 Å². The maximum Gasteiger partial charge on any atom is 0.238 e. The van der Waals surface area contributed by atoms with Gasteiger partial charge in [0.1, 0.15) is 11.6 Å². The summed E-state index contributed by atoms with van der Waals surface area (Å²) in [5, 5.41) is 2.48. The number of carbonyl (C=O) groups is 1. The molecule has 1 aliphatic heterocycles. The number of rotatable bonds is 3. The lowest BCUT2D eigenvalue weighted by Gasteiger charge is -2.29. The normalized spacial score (nSPS) is 20.3. The number of hydrogen-bond donors (Lipinski definition) is 2. The van der Waals surface area contributed by atoms with E-state index in [1.165, 1.54) is 0 Å². The average Bonchev–Trinajstić information content (AvgIpc) is 2.26. The fraction of sp³-hybridized carbons (Fsp3) is 0.462. The number of amides is 1. The molecule has 1 unspecified atom stereocenters. The van der Waals surface area contributed by atoms with Crippen LogP contribution in [0.5, 0.6) is 0 Å². The first-order valence-electron chi connectivity index (χ1n) is 6.27. The van der Waals surface area contributed by atoms with E-state index < -0.39 is 11.6 Å². The van der Waals surface area contributed by atoms with Gasteiger partial charge in [-0.3, -0.25) is 9.69 Å². The minimum Gasteiger partial charge on any atom is -0.327 e. The summed E-state index contributed by atoms with van der Waals surface area (Å²) < 4.78 is 25.9. The Balaban J connectivity index is 1.90. The molecule has 0 saturated carbocycles. The van der Waals surface area contributed by atoms with Gasteiger partial charge in [0.25, 0.3) is 0 Å². The summed E-state index contributed by atoms with van der Waals surface area (Å²) in [7, 11) is 0. The molecule has 2 rings (SSSR count). The zero-order chi connectivity index (χ0) is 13.8. The summed E-state index contributed by atoms with van der Waals surface area (Å²) in [6, 6.07) is 3.03. The molecular formula is C13H17F2N3O. The molecule has 0 aromatic heterocycles. The molecule has 1 saturated heterocycles. The van der Waals surface area contributed by atoms with Crippen molar-refractivity contribution in [3.8, 4) is 0 Å². The fourth-order valence-electron chi connectivity index (χ4n) is 2.26. The van der Waals surface area contributed by atoms with Gasteiger partial charge >= 0.3 is 0 Å². The van der Waals surface area contributed by atoms with Gasteiger partial charge in [-0.15, -0.1) is 0 Å². The van der Waals surface area contributed by atoms with Crippen LogP contribution in [0.15, 0.2) is 18.2 Å². The van der Waals surface area contributed by atoms with Crippen molar-refractivity contribution in [2.75, 3.05) is 25.0 Å². The van der Waals surface area contributed by atoms with E-state index in [2.05, 4.69) is 5.32 Å². The number of nitrogens with one attached hydrogen (secondary N) is 1. The van der Waals surface area contributed by atoms with Crippen LogP contribution in [-0.2, 0) is 4.79 Å². The molecule has 6 heteroatoms. The minimum absolute atomic E-state index is 0.0909. The van der Waals surface area contributed by atoms with Crippen LogP contribution in [0.25, 0.3) is 0 Å². The maximum atomic E-state index is 13.0. The number of hydrogen-bond acceptors (Lipinski definition) is 3. The summed E-state index contributed by atoms with van der Waals surface area (Å²) in [6.45, 7) is 1.68. The molecule has 0 radical (unpaired) electrons. The van der Waals surface area contributed by atoms with Crippen molar-refractivity contribution < 1.29 is 13.6 Å². The summed E-state index contributed by atoms with van der Waals surface area (Å²) in [4.78, 5) is 13.7. The van der Waals surface area contributed by atoms with Gasteiger partial charge < -0.3 is 11.1 Å². The monoisotopic (exact) mass is 269 g/mol. The third-order valence-corrected chi connectivity index (χ3v) is 3.06. The number of carbonyl (C=O) groups excluding carboxylic acids is 1. The summed E-state index contributed by atoms with van der Waals surface area (Å²) in [5.74, 6) is -1.72. The number of piperidine rings is 1. The van der Waals surface area contributed by atoms with Crippen molar-refractivity contribution in [3.05, 3.63) is 29.8 Å². The Morgan fingerprint density at radius 2 is 2.05 bits per heavy atom. The van der Waals surface area contributed by atoms with Crippen molar-refractivity contribution >= 4 is 11.6 Å². The first-order chi connectivity index (χ1) is 9.02. The van der Waals surface area contributed by atoms with Crippen molar-refractivity contribution in [1.82, 2.24) is 4.90 Å². The number of benzene rings is 1. The highest BCUT2D eigenvalue weighted by molar-refractivity contribution is 5.92. The number of halogens is 2. The van der Waals surface area contributed by atoms with E-state index in [1.807, 2.05) is 4.90 Å². The highest BCUT2D eigenvalue weighted by Gasteiger charge is 2.18. The molecule has 4 nitrogen and oxygen atoms in total. The SMILES string of the molecule is NC1CCCN(CC(=O)Nc2cc(F)cc(F)c2)C1. The van der Waals surface area contributed by atoms with Crippen molar-refractivity contribution in [1.29, 1.82) is 0 Å². The lowest BCUT2D eigenvalue weighted by molar-refractivity contribution is -0.117. The minimum atomic E-state index is -0.713. The number of anilines is 1. The third-order valence-electron chi connectivity index (χ3n) is 3.06. The van der Waals surface area contributed by atoms with Crippen LogP contribution >= 0.6 is 0 Å². The first-order valence-corrected chi connectivity index (χ1v) is 6.27. The average molecular weight is 269 g/mol. The van der Waals surface area contributed by atoms with E-state index in [0.717, 1.165) is 37.6 Å². The van der Waals surface area contributed by atoms with Crippen molar-refractivity contribution in [2.45, 2.75) is 18.9 Å². The molecule has 1 aliphatic rings. The van der Waals surface area contributed by atoms with Gasteiger partial charge in [0, 0.05) is 24.3 Å². The van der Waals surface area contributed by atoms with Gasteiger partial charge in [-0.25, -0.2) is 8.78 Å². The smallest absolute Gasteiger partial charge is 0.238 e. The molecule has 0 bridgehead atoms. The lowest BCUT2D eigenvalue weighted by Crippen LogP contribution is -2.45. The second kappa shape index (κ2) is 6.08. The zero-order valence-electron chi connectivity index (χ0n) is 10.5. The molecule has 1 fully saturated rings. The molecule has 104 valence electrons. The van der Waals surface area contributed by atoms with Crippen LogP contribution < -0.4 is 11.1 Å². The molecule has 1 amide bonds. The second-order valence-corrected chi connectivity index (χ2v) is 4.84. The molecule has 19 heavy (non-hydrogen) atoms. The first kappa shape index (κ1) is 13.9. The predicted octanol–water partition coefficient (Wildman–Crippen LogP) is 1.33. The Morgan fingerprint density at radius 1 is 1.37 bits per heavy atom. The van der Waals surface area contributed by atoms with Crippen LogP contribution in [0.3, 0.4) is 0 Å². The van der Waals surface area contributed by atoms with E-state index in [9.17, 15) is 13.6 Å². The van der Waals surface area contributed by atoms with Crippen LogP contribution in [0.2, 0.25) is 0 Å². The largest absolute Gasteiger partial charge is 0.327 e. The van der Waals surface area contributed by atoms with Crippen LogP contribution in [0.4, 0.5) is 14.5 Å². The number of likely N-dealkylation sites (tertiary alicyclic amines) is 1. The summed E-state index contributed by atoms with van der Waals surface area (Å²) in [5.41, 5.74) is 5.95. The van der Waals surface area contributed by atoms with Crippen LogP contribution in [0.1, 0.15) is 12.8 Å². The van der Waals surface area contributed by atoms with Crippen LogP contribution in [-0.4, -0.2) is 36.5 Å².